The van der Waals surface area contributed by atoms with E-state index in [1.54, 1.807) is 18.7 Å². The molecule has 0 saturated carbocycles. The number of thioether (sulfide) groups is 1. The van der Waals surface area contributed by atoms with Gasteiger partial charge in [-0.3, -0.25) is 4.79 Å². The van der Waals surface area contributed by atoms with E-state index in [1.807, 2.05) is 24.3 Å². The van der Waals surface area contributed by atoms with Crippen LogP contribution in [0.2, 0.25) is 0 Å². The van der Waals surface area contributed by atoms with Gasteiger partial charge in [-0.2, -0.15) is 0 Å². The van der Waals surface area contributed by atoms with Crippen molar-refractivity contribution in [1.29, 1.82) is 0 Å². The van der Waals surface area contributed by atoms with Gasteiger partial charge in [0.2, 0.25) is 0 Å². The molecule has 0 aliphatic heterocycles. The van der Waals surface area contributed by atoms with E-state index in [-0.39, 0.29) is 5.92 Å². The van der Waals surface area contributed by atoms with Gasteiger partial charge in [0.25, 0.3) is 0 Å². The van der Waals surface area contributed by atoms with E-state index >= 15 is 0 Å². The van der Waals surface area contributed by atoms with Crippen molar-refractivity contribution in [2.24, 2.45) is 5.92 Å². The molecule has 1 heterocycles. The molecular formula is C12H13NO2S. The molecule has 3 nitrogen and oxygen atoms in total. The van der Waals surface area contributed by atoms with E-state index in [9.17, 15) is 4.79 Å². The van der Waals surface area contributed by atoms with E-state index in [4.69, 9.17) is 5.11 Å². The zero-order valence-corrected chi connectivity index (χ0v) is 9.75. The smallest absolute Gasteiger partial charge is 0.307 e. The number of carbonyl (C=O) groups is 1. The summed E-state index contributed by atoms with van der Waals surface area (Å²) in [5, 5.41) is 11.0. The zero-order chi connectivity index (χ0) is 11.5. The molecule has 2 aromatic rings. The van der Waals surface area contributed by atoms with Crippen LogP contribution >= 0.6 is 11.8 Å². The number of aromatic amines is 1. The number of benzene rings is 1. The van der Waals surface area contributed by atoms with Gasteiger partial charge < -0.3 is 10.1 Å². The summed E-state index contributed by atoms with van der Waals surface area (Å²) in [5.41, 5.74) is 1.09. The molecule has 2 rings (SSSR count). The number of hydrogen-bond donors (Lipinski definition) is 2. The van der Waals surface area contributed by atoms with Crippen molar-refractivity contribution in [3.63, 3.8) is 0 Å². The van der Waals surface area contributed by atoms with Gasteiger partial charge in [-0.05, 0) is 12.1 Å². The predicted molar refractivity (Wildman–Crippen MR) is 65.8 cm³/mol. The van der Waals surface area contributed by atoms with E-state index in [1.165, 1.54) is 0 Å². The SMILES string of the molecule is CC(CSc1cc2ccccc2[nH]1)C(=O)O. The molecule has 1 aromatic heterocycles. The molecule has 0 fully saturated rings. The Kier molecular flexibility index (Phi) is 3.19. The molecule has 16 heavy (non-hydrogen) atoms. The Morgan fingerprint density at radius 1 is 1.50 bits per heavy atom. The summed E-state index contributed by atoms with van der Waals surface area (Å²) in [6, 6.07) is 10.1. The van der Waals surface area contributed by atoms with Crippen LogP contribution in [0.5, 0.6) is 0 Å². The van der Waals surface area contributed by atoms with Crippen LogP contribution in [-0.2, 0) is 4.79 Å². The average Bonchev–Trinajstić information content (AvgIpc) is 2.68. The second kappa shape index (κ2) is 4.61. The van der Waals surface area contributed by atoms with Gasteiger partial charge >= 0.3 is 5.97 Å². The first-order valence-corrected chi connectivity index (χ1v) is 6.09. The Morgan fingerprint density at radius 2 is 2.25 bits per heavy atom. The number of nitrogens with one attached hydrogen (secondary N) is 1. The van der Waals surface area contributed by atoms with E-state index in [0.29, 0.717) is 5.75 Å². The van der Waals surface area contributed by atoms with E-state index < -0.39 is 5.97 Å². The summed E-state index contributed by atoms with van der Waals surface area (Å²) in [6.07, 6.45) is 0. The normalized spacial score (nSPS) is 12.8. The number of H-pyrrole nitrogens is 1. The monoisotopic (exact) mass is 235 g/mol. The lowest BCUT2D eigenvalue weighted by Crippen LogP contribution is -2.11. The van der Waals surface area contributed by atoms with Crippen molar-refractivity contribution in [2.75, 3.05) is 5.75 Å². The van der Waals surface area contributed by atoms with Crippen LogP contribution in [0.3, 0.4) is 0 Å². The average molecular weight is 235 g/mol. The van der Waals surface area contributed by atoms with Gasteiger partial charge in [0, 0.05) is 16.7 Å². The number of para-hydroxylation sites is 1. The summed E-state index contributed by atoms with van der Waals surface area (Å²) in [7, 11) is 0. The van der Waals surface area contributed by atoms with Gasteiger partial charge in [-0.1, -0.05) is 25.1 Å². The van der Waals surface area contributed by atoms with Crippen molar-refractivity contribution in [3.05, 3.63) is 30.3 Å². The topological polar surface area (TPSA) is 53.1 Å². The van der Waals surface area contributed by atoms with Crippen molar-refractivity contribution in [1.82, 2.24) is 4.98 Å². The summed E-state index contributed by atoms with van der Waals surface area (Å²) in [4.78, 5) is 13.9. The molecule has 0 amide bonds. The first-order valence-electron chi connectivity index (χ1n) is 5.10. The largest absolute Gasteiger partial charge is 0.481 e. The van der Waals surface area contributed by atoms with E-state index in [0.717, 1.165) is 15.9 Å². The first-order chi connectivity index (χ1) is 7.66. The zero-order valence-electron chi connectivity index (χ0n) is 8.93. The van der Waals surface area contributed by atoms with Crippen LogP contribution < -0.4 is 0 Å². The van der Waals surface area contributed by atoms with Crippen LogP contribution in [0.25, 0.3) is 10.9 Å². The lowest BCUT2D eigenvalue weighted by molar-refractivity contribution is -0.140. The van der Waals surface area contributed by atoms with Crippen molar-refractivity contribution >= 4 is 28.6 Å². The van der Waals surface area contributed by atoms with Gasteiger partial charge in [-0.15, -0.1) is 11.8 Å². The van der Waals surface area contributed by atoms with Crippen molar-refractivity contribution in [3.8, 4) is 0 Å². The highest BCUT2D eigenvalue weighted by molar-refractivity contribution is 7.99. The highest BCUT2D eigenvalue weighted by Crippen LogP contribution is 2.24. The molecule has 84 valence electrons. The van der Waals surface area contributed by atoms with Gasteiger partial charge in [-0.25, -0.2) is 0 Å². The molecule has 1 unspecified atom stereocenters. The van der Waals surface area contributed by atoms with Gasteiger partial charge in [0.15, 0.2) is 0 Å². The molecular weight excluding hydrogens is 222 g/mol. The second-order valence-electron chi connectivity index (χ2n) is 3.77. The minimum absolute atomic E-state index is 0.323. The summed E-state index contributed by atoms with van der Waals surface area (Å²) < 4.78 is 0. The highest BCUT2D eigenvalue weighted by atomic mass is 32.2. The molecule has 0 radical (unpaired) electrons. The maximum absolute atomic E-state index is 10.7. The number of rotatable bonds is 4. The Hall–Kier alpha value is -1.42. The summed E-state index contributed by atoms with van der Waals surface area (Å²) >= 11 is 1.55. The standard InChI is InChI=1S/C12H13NO2S/c1-8(12(14)15)7-16-11-6-9-4-2-3-5-10(9)13-11/h2-6,8,13H,7H2,1H3,(H,14,15). The van der Waals surface area contributed by atoms with Crippen LogP contribution in [0.1, 0.15) is 6.92 Å². The maximum Gasteiger partial charge on any atom is 0.307 e. The van der Waals surface area contributed by atoms with Gasteiger partial charge in [0.1, 0.15) is 0 Å². The Balaban J connectivity index is 2.07. The summed E-state index contributed by atoms with van der Waals surface area (Å²) in [6.45, 7) is 1.72. The van der Waals surface area contributed by atoms with Crippen LogP contribution in [0.4, 0.5) is 0 Å². The fourth-order valence-corrected chi connectivity index (χ4v) is 2.38. The quantitative estimate of drug-likeness (QED) is 0.801. The number of carboxylic acid groups (broad SMARTS) is 1. The Bertz CT molecular complexity index is 473. The Morgan fingerprint density at radius 3 is 2.94 bits per heavy atom. The number of fused-ring (bicyclic) bond motifs is 1. The van der Waals surface area contributed by atoms with Crippen LogP contribution in [-0.4, -0.2) is 21.8 Å². The molecule has 0 aliphatic rings. The molecule has 0 spiro atoms. The number of carboxylic acids is 1. The second-order valence-corrected chi connectivity index (χ2v) is 4.83. The Labute approximate surface area is 97.9 Å². The fourth-order valence-electron chi connectivity index (χ4n) is 1.41. The van der Waals surface area contributed by atoms with Crippen molar-refractivity contribution < 1.29 is 9.90 Å². The van der Waals surface area contributed by atoms with Crippen molar-refractivity contribution in [2.45, 2.75) is 11.9 Å². The fraction of sp³-hybridized carbons (Fsp3) is 0.250. The maximum atomic E-state index is 10.7. The van der Waals surface area contributed by atoms with E-state index in [2.05, 4.69) is 11.1 Å². The molecule has 0 aliphatic carbocycles. The predicted octanol–water partition coefficient (Wildman–Crippen LogP) is 2.98. The molecule has 2 N–H and O–H groups in total. The highest BCUT2D eigenvalue weighted by Gasteiger charge is 2.11. The number of hydrogen-bond acceptors (Lipinski definition) is 2. The summed E-state index contributed by atoms with van der Waals surface area (Å²) in [5.74, 6) is -0.484. The molecule has 4 heteroatoms. The first kappa shape index (κ1) is 11.1. The molecule has 1 aromatic carbocycles. The van der Waals surface area contributed by atoms with Gasteiger partial charge in [0.05, 0.1) is 10.9 Å². The number of aromatic nitrogens is 1. The lowest BCUT2D eigenvalue weighted by atomic mass is 10.2. The molecule has 0 bridgehead atoms. The van der Waals surface area contributed by atoms with Crippen LogP contribution in [0.15, 0.2) is 35.4 Å². The third kappa shape index (κ3) is 2.39. The third-order valence-corrected chi connectivity index (χ3v) is 3.61. The molecule has 0 saturated heterocycles. The number of aliphatic carboxylic acids is 1. The minimum Gasteiger partial charge on any atom is -0.481 e. The van der Waals surface area contributed by atoms with Crippen LogP contribution in [0, 0.1) is 5.92 Å². The lowest BCUT2D eigenvalue weighted by Gasteiger charge is -2.03. The minimum atomic E-state index is -0.747. The third-order valence-electron chi connectivity index (χ3n) is 2.42. The molecule has 1 atom stereocenters.